The highest BCUT2D eigenvalue weighted by atomic mass is 16.5. The first kappa shape index (κ1) is 17.2. The molecule has 0 unspecified atom stereocenters. The minimum atomic E-state index is -0.109. The molecule has 1 aromatic rings. The predicted octanol–water partition coefficient (Wildman–Crippen LogP) is 2.89. The van der Waals surface area contributed by atoms with E-state index >= 15 is 0 Å². The van der Waals surface area contributed by atoms with Crippen LogP contribution in [-0.4, -0.2) is 30.1 Å². The van der Waals surface area contributed by atoms with Crippen molar-refractivity contribution in [3.05, 3.63) is 6.07 Å². The Balaban J connectivity index is 2.66. The third-order valence-electron chi connectivity index (χ3n) is 2.84. The van der Waals surface area contributed by atoms with E-state index in [1.165, 1.54) is 14.2 Å². The fraction of sp³-hybridized carbons (Fsp3) is 0.667. The van der Waals surface area contributed by atoms with E-state index in [0.717, 1.165) is 6.42 Å². The number of carbonyl (C=O) groups is 1. The first-order valence-corrected chi connectivity index (χ1v) is 7.00. The molecule has 1 atom stereocenters. The van der Waals surface area contributed by atoms with Gasteiger partial charge >= 0.3 is 0 Å². The van der Waals surface area contributed by atoms with Crippen LogP contribution in [0.1, 0.15) is 40.5 Å². The maximum atomic E-state index is 12.0. The van der Waals surface area contributed by atoms with Crippen molar-refractivity contribution in [1.29, 1.82) is 0 Å². The number of nitrogens with one attached hydrogen (secondary N) is 1. The molecule has 1 heterocycles. The van der Waals surface area contributed by atoms with Crippen LogP contribution in [0.4, 0.5) is 5.95 Å². The predicted molar refractivity (Wildman–Crippen MR) is 81.6 cm³/mol. The Morgan fingerprint density at radius 3 is 2.19 bits per heavy atom. The third kappa shape index (κ3) is 6.42. The van der Waals surface area contributed by atoms with E-state index in [-0.39, 0.29) is 23.2 Å². The fourth-order valence-corrected chi connectivity index (χ4v) is 2.28. The van der Waals surface area contributed by atoms with Gasteiger partial charge in [0, 0.05) is 6.42 Å². The lowest BCUT2D eigenvalue weighted by Crippen LogP contribution is -2.20. The maximum Gasteiger partial charge on any atom is 0.236 e. The molecule has 118 valence electrons. The van der Waals surface area contributed by atoms with Gasteiger partial charge in [0.15, 0.2) is 0 Å². The smallest absolute Gasteiger partial charge is 0.236 e. The van der Waals surface area contributed by atoms with Crippen molar-refractivity contribution >= 4 is 11.9 Å². The van der Waals surface area contributed by atoms with E-state index in [0.29, 0.717) is 18.2 Å². The maximum absolute atomic E-state index is 12.0. The molecule has 1 rings (SSSR count). The Bertz CT molecular complexity index is 461. The number of methoxy groups -OCH3 is 2. The molecule has 0 aliphatic rings. The molecule has 0 fully saturated rings. The largest absolute Gasteiger partial charge is 0.481 e. The number of rotatable bonds is 6. The third-order valence-corrected chi connectivity index (χ3v) is 2.84. The van der Waals surface area contributed by atoms with Crippen LogP contribution in [0.3, 0.4) is 0 Å². The second-order valence-electron chi connectivity index (χ2n) is 6.40. The topological polar surface area (TPSA) is 73.3 Å². The van der Waals surface area contributed by atoms with Gasteiger partial charge in [-0.25, -0.2) is 0 Å². The van der Waals surface area contributed by atoms with Crippen molar-refractivity contribution in [2.24, 2.45) is 11.3 Å². The molecule has 0 saturated heterocycles. The second-order valence-corrected chi connectivity index (χ2v) is 6.40. The summed E-state index contributed by atoms with van der Waals surface area (Å²) in [5, 5.41) is 2.69. The van der Waals surface area contributed by atoms with Crippen LogP contribution in [-0.2, 0) is 4.79 Å². The number of carbonyl (C=O) groups excluding carboxylic acids is 1. The standard InChI is InChI=1S/C15H25N3O3/c1-10(9-15(2,3)4)7-11(19)16-14-17-12(20-5)8-13(18-14)21-6/h8,10H,7,9H2,1-6H3,(H,16,17,18,19)/t10-/m1/s1. The molecule has 1 aromatic heterocycles. The second kappa shape index (κ2) is 7.24. The van der Waals surface area contributed by atoms with Gasteiger partial charge in [-0.05, 0) is 17.8 Å². The molecule has 1 amide bonds. The Morgan fingerprint density at radius 2 is 1.76 bits per heavy atom. The minimum Gasteiger partial charge on any atom is -0.481 e. The monoisotopic (exact) mass is 295 g/mol. The number of ether oxygens (including phenoxy) is 2. The Labute approximate surface area is 126 Å². The van der Waals surface area contributed by atoms with E-state index in [9.17, 15) is 4.79 Å². The Morgan fingerprint density at radius 1 is 1.24 bits per heavy atom. The normalized spacial score (nSPS) is 12.7. The summed E-state index contributed by atoms with van der Waals surface area (Å²) < 4.78 is 10.1. The Hall–Kier alpha value is -1.85. The van der Waals surface area contributed by atoms with Gasteiger partial charge in [0.2, 0.25) is 23.6 Å². The van der Waals surface area contributed by atoms with Crippen LogP contribution in [0.5, 0.6) is 11.8 Å². The van der Waals surface area contributed by atoms with Crippen molar-refractivity contribution in [2.75, 3.05) is 19.5 Å². The molecule has 1 N–H and O–H groups in total. The molecule has 0 aliphatic heterocycles. The molecule has 0 spiro atoms. The molecule has 21 heavy (non-hydrogen) atoms. The molecule has 6 heteroatoms. The first-order chi connectivity index (χ1) is 9.73. The highest BCUT2D eigenvalue weighted by Gasteiger charge is 2.18. The lowest BCUT2D eigenvalue weighted by atomic mass is 9.84. The van der Waals surface area contributed by atoms with Crippen molar-refractivity contribution in [2.45, 2.75) is 40.5 Å². The van der Waals surface area contributed by atoms with Crippen LogP contribution in [0.15, 0.2) is 6.07 Å². The first-order valence-electron chi connectivity index (χ1n) is 7.00. The number of amides is 1. The summed E-state index contributed by atoms with van der Waals surface area (Å²) in [6.07, 6.45) is 1.41. The van der Waals surface area contributed by atoms with Crippen LogP contribution < -0.4 is 14.8 Å². The van der Waals surface area contributed by atoms with Gasteiger partial charge in [-0.3, -0.25) is 10.1 Å². The fourth-order valence-electron chi connectivity index (χ4n) is 2.28. The summed E-state index contributed by atoms with van der Waals surface area (Å²) in [6.45, 7) is 8.56. The zero-order valence-corrected chi connectivity index (χ0v) is 13.7. The highest BCUT2D eigenvalue weighted by molar-refractivity contribution is 5.89. The van der Waals surface area contributed by atoms with Gasteiger partial charge in [-0.15, -0.1) is 0 Å². The van der Waals surface area contributed by atoms with Gasteiger partial charge in [0.05, 0.1) is 20.3 Å². The van der Waals surface area contributed by atoms with Crippen molar-refractivity contribution in [3.8, 4) is 11.8 Å². The van der Waals surface area contributed by atoms with E-state index in [1.54, 1.807) is 6.07 Å². The summed E-state index contributed by atoms with van der Waals surface area (Å²) in [6, 6.07) is 1.55. The van der Waals surface area contributed by atoms with E-state index in [4.69, 9.17) is 9.47 Å². The number of aromatic nitrogens is 2. The summed E-state index contributed by atoms with van der Waals surface area (Å²) in [5.74, 6) is 1.07. The van der Waals surface area contributed by atoms with Crippen molar-refractivity contribution in [1.82, 2.24) is 9.97 Å². The SMILES string of the molecule is COc1cc(OC)nc(NC(=O)C[C@@H](C)CC(C)(C)C)n1. The molecule has 0 bridgehead atoms. The molecule has 0 saturated carbocycles. The summed E-state index contributed by atoms with van der Waals surface area (Å²) in [7, 11) is 3.00. The van der Waals surface area contributed by atoms with E-state index in [2.05, 4.69) is 43.0 Å². The number of nitrogens with zero attached hydrogens (tertiary/aromatic N) is 2. The number of anilines is 1. The minimum absolute atomic E-state index is 0.109. The molecule has 0 aromatic carbocycles. The van der Waals surface area contributed by atoms with Gasteiger partial charge in [0.25, 0.3) is 0 Å². The highest BCUT2D eigenvalue weighted by Crippen LogP contribution is 2.26. The van der Waals surface area contributed by atoms with Crippen LogP contribution in [0.25, 0.3) is 0 Å². The molecule has 0 aliphatic carbocycles. The van der Waals surface area contributed by atoms with Gasteiger partial charge in [-0.2, -0.15) is 9.97 Å². The van der Waals surface area contributed by atoms with Gasteiger partial charge in [0.1, 0.15) is 0 Å². The average Bonchev–Trinajstić information content (AvgIpc) is 2.35. The number of hydrogen-bond donors (Lipinski definition) is 1. The zero-order chi connectivity index (χ0) is 16.0. The average molecular weight is 295 g/mol. The van der Waals surface area contributed by atoms with Crippen molar-refractivity contribution < 1.29 is 14.3 Å². The van der Waals surface area contributed by atoms with E-state index < -0.39 is 0 Å². The van der Waals surface area contributed by atoms with Crippen LogP contribution >= 0.6 is 0 Å². The molecular formula is C15H25N3O3. The summed E-state index contributed by atoms with van der Waals surface area (Å²) in [5.41, 5.74) is 0.204. The van der Waals surface area contributed by atoms with Gasteiger partial charge in [-0.1, -0.05) is 27.7 Å². The zero-order valence-electron chi connectivity index (χ0n) is 13.7. The van der Waals surface area contributed by atoms with Crippen LogP contribution in [0.2, 0.25) is 0 Å². The van der Waals surface area contributed by atoms with E-state index in [1.807, 2.05) is 0 Å². The quantitative estimate of drug-likeness (QED) is 0.873. The van der Waals surface area contributed by atoms with Gasteiger partial charge < -0.3 is 9.47 Å². The summed E-state index contributed by atoms with van der Waals surface area (Å²) >= 11 is 0. The lowest BCUT2D eigenvalue weighted by molar-refractivity contribution is -0.117. The van der Waals surface area contributed by atoms with Crippen molar-refractivity contribution in [3.63, 3.8) is 0 Å². The lowest BCUT2D eigenvalue weighted by Gasteiger charge is -2.22. The molecular weight excluding hydrogens is 270 g/mol. The summed E-state index contributed by atoms with van der Waals surface area (Å²) in [4.78, 5) is 20.2. The van der Waals surface area contributed by atoms with Crippen LogP contribution in [0, 0.1) is 11.3 Å². The Kier molecular flexibility index (Phi) is 5.93. The molecule has 6 nitrogen and oxygen atoms in total. The molecule has 0 radical (unpaired) electrons. The number of hydrogen-bond acceptors (Lipinski definition) is 5.